The summed E-state index contributed by atoms with van der Waals surface area (Å²) in [6, 6.07) is 7.68. The predicted molar refractivity (Wildman–Crippen MR) is 71.6 cm³/mol. The van der Waals surface area contributed by atoms with Crippen LogP contribution in [0.1, 0.15) is 42.1 Å². The molecule has 1 amide bonds. The van der Waals surface area contributed by atoms with Gasteiger partial charge in [-0.15, -0.1) is 0 Å². The number of hydrogen-bond acceptors (Lipinski definition) is 2. The topological polar surface area (TPSA) is 40.5 Å². The largest absolute Gasteiger partial charge is 0.390 e. The van der Waals surface area contributed by atoms with Gasteiger partial charge in [-0.25, -0.2) is 0 Å². The van der Waals surface area contributed by atoms with E-state index in [4.69, 9.17) is 0 Å². The Morgan fingerprint density at radius 1 is 1.28 bits per heavy atom. The Kier molecular flexibility index (Phi) is 3.71. The summed E-state index contributed by atoms with van der Waals surface area (Å²) in [7, 11) is 0. The molecule has 0 aliphatic carbocycles. The monoisotopic (exact) mass is 247 g/mol. The van der Waals surface area contributed by atoms with Crippen molar-refractivity contribution in [2.24, 2.45) is 0 Å². The van der Waals surface area contributed by atoms with Crippen LogP contribution in [0.25, 0.3) is 0 Å². The Bertz CT molecular complexity index is 440. The number of aliphatic hydroxyl groups is 1. The first-order chi connectivity index (χ1) is 8.49. The molecule has 1 fully saturated rings. The van der Waals surface area contributed by atoms with Gasteiger partial charge in [0.15, 0.2) is 0 Å². The van der Waals surface area contributed by atoms with Crippen LogP contribution >= 0.6 is 0 Å². The number of amides is 1. The summed E-state index contributed by atoms with van der Waals surface area (Å²) in [6.45, 7) is 5.19. The van der Waals surface area contributed by atoms with E-state index in [-0.39, 0.29) is 5.91 Å². The molecule has 1 aliphatic rings. The summed E-state index contributed by atoms with van der Waals surface area (Å²) in [5.41, 5.74) is 1.17. The van der Waals surface area contributed by atoms with Gasteiger partial charge in [0.1, 0.15) is 0 Å². The predicted octanol–water partition coefficient (Wildman–Crippen LogP) is 2.37. The Morgan fingerprint density at radius 2 is 2.00 bits per heavy atom. The van der Waals surface area contributed by atoms with E-state index in [9.17, 15) is 9.90 Å². The van der Waals surface area contributed by atoms with Crippen molar-refractivity contribution in [3.8, 4) is 0 Å². The molecule has 1 aliphatic heterocycles. The fourth-order valence-electron chi connectivity index (χ4n) is 2.45. The zero-order valence-electron chi connectivity index (χ0n) is 11.1. The third kappa shape index (κ3) is 2.91. The second kappa shape index (κ2) is 5.11. The molecule has 2 rings (SSSR count). The molecule has 0 bridgehead atoms. The van der Waals surface area contributed by atoms with Gasteiger partial charge in [0.05, 0.1) is 5.60 Å². The van der Waals surface area contributed by atoms with E-state index in [0.29, 0.717) is 13.0 Å². The lowest BCUT2D eigenvalue weighted by Crippen LogP contribution is -2.33. The van der Waals surface area contributed by atoms with Crippen molar-refractivity contribution in [1.82, 2.24) is 4.90 Å². The number of hydrogen-bond donors (Lipinski definition) is 1. The van der Waals surface area contributed by atoms with E-state index in [1.807, 2.05) is 43.0 Å². The van der Waals surface area contributed by atoms with Crippen LogP contribution < -0.4 is 0 Å². The summed E-state index contributed by atoms with van der Waals surface area (Å²) < 4.78 is 0. The molecule has 1 saturated heterocycles. The molecular weight excluding hydrogens is 226 g/mol. The first-order valence-corrected chi connectivity index (χ1v) is 6.57. The molecule has 1 atom stereocenters. The molecule has 1 unspecified atom stereocenters. The first kappa shape index (κ1) is 13.1. The molecule has 98 valence electrons. The maximum Gasteiger partial charge on any atom is 0.254 e. The van der Waals surface area contributed by atoms with Crippen LogP contribution in [0.15, 0.2) is 24.3 Å². The minimum atomic E-state index is -0.624. The van der Waals surface area contributed by atoms with Gasteiger partial charge in [-0.05, 0) is 44.7 Å². The lowest BCUT2D eigenvalue weighted by Gasteiger charge is -2.23. The lowest BCUT2D eigenvalue weighted by molar-refractivity contribution is 0.0438. The Morgan fingerprint density at radius 3 is 2.72 bits per heavy atom. The van der Waals surface area contributed by atoms with Crippen molar-refractivity contribution in [1.29, 1.82) is 0 Å². The number of benzene rings is 1. The van der Waals surface area contributed by atoms with Crippen molar-refractivity contribution in [3.05, 3.63) is 35.4 Å². The maximum atomic E-state index is 12.4. The zero-order chi connectivity index (χ0) is 13.2. The summed E-state index contributed by atoms with van der Waals surface area (Å²) in [4.78, 5) is 14.3. The Labute approximate surface area is 108 Å². The number of carbonyl (C=O) groups excluding carboxylic acids is 1. The summed E-state index contributed by atoms with van der Waals surface area (Å²) in [6.07, 6.45) is 2.29. The molecule has 1 aromatic carbocycles. The van der Waals surface area contributed by atoms with E-state index in [0.717, 1.165) is 30.5 Å². The first-order valence-electron chi connectivity index (χ1n) is 6.57. The minimum Gasteiger partial charge on any atom is -0.390 e. The molecule has 18 heavy (non-hydrogen) atoms. The second-order valence-corrected chi connectivity index (χ2v) is 5.46. The van der Waals surface area contributed by atoms with Crippen molar-refractivity contribution in [2.75, 3.05) is 13.1 Å². The molecule has 0 aromatic heterocycles. The molecular formula is C15H21NO2. The van der Waals surface area contributed by atoms with Crippen LogP contribution in [0.4, 0.5) is 0 Å². The van der Waals surface area contributed by atoms with Crippen LogP contribution in [0.5, 0.6) is 0 Å². The van der Waals surface area contributed by atoms with E-state index < -0.39 is 5.60 Å². The molecule has 3 nitrogen and oxygen atoms in total. The van der Waals surface area contributed by atoms with Gasteiger partial charge in [0.25, 0.3) is 5.91 Å². The van der Waals surface area contributed by atoms with Gasteiger partial charge in [0.2, 0.25) is 0 Å². The third-order valence-electron chi connectivity index (χ3n) is 3.73. The fraction of sp³-hybridized carbons (Fsp3) is 0.533. The second-order valence-electron chi connectivity index (χ2n) is 5.46. The lowest BCUT2D eigenvalue weighted by atomic mass is 9.98. The van der Waals surface area contributed by atoms with Gasteiger partial charge >= 0.3 is 0 Å². The minimum absolute atomic E-state index is 0.0887. The molecule has 3 heteroatoms. The standard InChI is InChI=1S/C15H21NO2/c1-12-6-3-4-7-13(12)14(17)16-10-5-8-15(2,18)9-11-16/h3-4,6-7,18H,5,8-11H2,1-2H3. The SMILES string of the molecule is Cc1ccccc1C(=O)N1CCCC(C)(O)CC1. The highest BCUT2D eigenvalue weighted by Crippen LogP contribution is 2.22. The number of nitrogens with zero attached hydrogens (tertiary/aromatic N) is 1. The average Bonchev–Trinajstić information content (AvgIpc) is 2.50. The fourth-order valence-corrected chi connectivity index (χ4v) is 2.45. The number of rotatable bonds is 1. The summed E-state index contributed by atoms with van der Waals surface area (Å²) in [5.74, 6) is 0.0887. The normalized spacial score (nSPS) is 24.7. The van der Waals surface area contributed by atoms with Gasteiger partial charge < -0.3 is 10.0 Å². The van der Waals surface area contributed by atoms with Crippen molar-refractivity contribution < 1.29 is 9.90 Å². The smallest absolute Gasteiger partial charge is 0.254 e. The number of likely N-dealkylation sites (tertiary alicyclic amines) is 1. The highest BCUT2D eigenvalue weighted by molar-refractivity contribution is 5.95. The van der Waals surface area contributed by atoms with Crippen LogP contribution in [-0.2, 0) is 0 Å². The summed E-state index contributed by atoms with van der Waals surface area (Å²) in [5, 5.41) is 10.0. The Hall–Kier alpha value is -1.35. The van der Waals surface area contributed by atoms with E-state index >= 15 is 0 Å². The average molecular weight is 247 g/mol. The van der Waals surface area contributed by atoms with E-state index in [2.05, 4.69) is 0 Å². The highest BCUT2D eigenvalue weighted by Gasteiger charge is 2.27. The van der Waals surface area contributed by atoms with E-state index in [1.54, 1.807) is 0 Å². The summed E-state index contributed by atoms with van der Waals surface area (Å²) >= 11 is 0. The van der Waals surface area contributed by atoms with Crippen molar-refractivity contribution >= 4 is 5.91 Å². The molecule has 0 saturated carbocycles. The van der Waals surface area contributed by atoms with Crippen molar-refractivity contribution in [2.45, 2.75) is 38.7 Å². The van der Waals surface area contributed by atoms with Crippen LogP contribution in [0, 0.1) is 6.92 Å². The molecule has 1 aromatic rings. The molecule has 1 heterocycles. The third-order valence-corrected chi connectivity index (χ3v) is 3.73. The quantitative estimate of drug-likeness (QED) is 0.827. The highest BCUT2D eigenvalue weighted by atomic mass is 16.3. The van der Waals surface area contributed by atoms with Crippen LogP contribution in [0.2, 0.25) is 0 Å². The number of aryl methyl sites for hydroxylation is 1. The molecule has 1 N–H and O–H groups in total. The molecule has 0 spiro atoms. The Balaban J connectivity index is 2.13. The van der Waals surface area contributed by atoms with Crippen molar-refractivity contribution in [3.63, 3.8) is 0 Å². The van der Waals surface area contributed by atoms with Crippen LogP contribution in [-0.4, -0.2) is 34.6 Å². The van der Waals surface area contributed by atoms with Gasteiger partial charge in [-0.2, -0.15) is 0 Å². The zero-order valence-corrected chi connectivity index (χ0v) is 11.1. The maximum absolute atomic E-state index is 12.4. The van der Waals surface area contributed by atoms with Gasteiger partial charge in [0, 0.05) is 18.7 Å². The van der Waals surface area contributed by atoms with E-state index in [1.165, 1.54) is 0 Å². The number of carbonyl (C=O) groups is 1. The van der Waals surface area contributed by atoms with Gasteiger partial charge in [-0.1, -0.05) is 18.2 Å². The van der Waals surface area contributed by atoms with Gasteiger partial charge in [-0.3, -0.25) is 4.79 Å². The molecule has 0 radical (unpaired) electrons. The van der Waals surface area contributed by atoms with Crippen LogP contribution in [0.3, 0.4) is 0 Å².